The highest BCUT2D eigenvalue weighted by molar-refractivity contribution is 5.99. The van der Waals surface area contributed by atoms with Crippen LogP contribution in [0.4, 0.5) is 0 Å². The molecule has 2 aromatic carbocycles. The minimum atomic E-state index is -1.61. The highest BCUT2D eigenvalue weighted by atomic mass is 16.7. The first-order valence-corrected chi connectivity index (χ1v) is 9.69. The largest absolute Gasteiger partial charge is 0.465 e. The number of methoxy groups -OCH3 is 2. The monoisotopic (exact) mass is 448 g/mol. The number of carbonyl (C=O) groups excluding carboxylic acids is 2. The molecule has 0 saturated carbocycles. The summed E-state index contributed by atoms with van der Waals surface area (Å²) in [6.45, 7) is -0.603. The third kappa shape index (κ3) is 4.74. The molecule has 0 bridgehead atoms. The molecule has 4 N–H and O–H groups in total. The number of aliphatic hydroxyl groups excluding tert-OH is 4. The smallest absolute Gasteiger partial charge is 0.338 e. The quantitative estimate of drug-likeness (QED) is 0.448. The van der Waals surface area contributed by atoms with E-state index in [1.54, 1.807) is 30.3 Å². The fraction of sp³-hybridized carbons (Fsp3) is 0.364. The fourth-order valence-corrected chi connectivity index (χ4v) is 3.36. The summed E-state index contributed by atoms with van der Waals surface area (Å²) in [5.41, 5.74) is 1.40. The van der Waals surface area contributed by atoms with Gasteiger partial charge in [0.25, 0.3) is 0 Å². The van der Waals surface area contributed by atoms with E-state index in [-0.39, 0.29) is 11.3 Å². The van der Waals surface area contributed by atoms with Crippen LogP contribution in [-0.2, 0) is 14.2 Å². The summed E-state index contributed by atoms with van der Waals surface area (Å²) in [6, 6.07) is 10.9. The average Bonchev–Trinajstić information content (AvgIpc) is 2.83. The van der Waals surface area contributed by atoms with Gasteiger partial charge in [0.2, 0.25) is 6.29 Å². The van der Waals surface area contributed by atoms with Crippen LogP contribution in [0.5, 0.6) is 5.75 Å². The molecule has 10 nitrogen and oxygen atoms in total. The Kier molecular flexibility index (Phi) is 7.44. The van der Waals surface area contributed by atoms with Gasteiger partial charge in [0.15, 0.2) is 0 Å². The van der Waals surface area contributed by atoms with Crippen LogP contribution in [0.1, 0.15) is 20.7 Å². The van der Waals surface area contributed by atoms with Gasteiger partial charge in [0.1, 0.15) is 30.2 Å². The van der Waals surface area contributed by atoms with Crippen LogP contribution in [0, 0.1) is 0 Å². The summed E-state index contributed by atoms with van der Waals surface area (Å²) in [6.07, 6.45) is -7.29. The molecular weight excluding hydrogens is 424 g/mol. The lowest BCUT2D eigenvalue weighted by molar-refractivity contribution is -0.277. The Morgan fingerprint density at radius 1 is 0.938 bits per heavy atom. The van der Waals surface area contributed by atoms with Crippen molar-refractivity contribution >= 4 is 11.9 Å². The van der Waals surface area contributed by atoms with Gasteiger partial charge < -0.3 is 39.4 Å². The Morgan fingerprint density at radius 2 is 1.66 bits per heavy atom. The number of esters is 2. The van der Waals surface area contributed by atoms with Crippen LogP contribution in [-0.4, -0.2) is 83.9 Å². The molecule has 1 heterocycles. The Hall–Kier alpha value is -3.02. The second kappa shape index (κ2) is 10.1. The first-order chi connectivity index (χ1) is 15.3. The predicted molar refractivity (Wildman–Crippen MR) is 109 cm³/mol. The van der Waals surface area contributed by atoms with Crippen molar-refractivity contribution in [3.8, 4) is 16.9 Å². The maximum Gasteiger partial charge on any atom is 0.338 e. The topological polar surface area (TPSA) is 152 Å². The number of aliphatic hydroxyl groups is 4. The first-order valence-electron chi connectivity index (χ1n) is 9.69. The summed E-state index contributed by atoms with van der Waals surface area (Å²) in [5.74, 6) is -1.11. The summed E-state index contributed by atoms with van der Waals surface area (Å²) < 4.78 is 20.5. The first kappa shape index (κ1) is 23.6. The normalized spacial score (nSPS) is 25.1. The number of hydrogen-bond acceptors (Lipinski definition) is 10. The minimum Gasteiger partial charge on any atom is -0.465 e. The maximum absolute atomic E-state index is 12.4. The molecule has 0 radical (unpaired) electrons. The van der Waals surface area contributed by atoms with Crippen LogP contribution in [0.15, 0.2) is 42.5 Å². The van der Waals surface area contributed by atoms with Crippen molar-refractivity contribution in [3.05, 3.63) is 53.6 Å². The highest BCUT2D eigenvalue weighted by Gasteiger charge is 2.44. The van der Waals surface area contributed by atoms with Gasteiger partial charge in [-0.25, -0.2) is 9.59 Å². The molecule has 0 spiro atoms. The van der Waals surface area contributed by atoms with Crippen molar-refractivity contribution in [1.82, 2.24) is 0 Å². The van der Waals surface area contributed by atoms with E-state index < -0.39 is 49.3 Å². The predicted octanol–water partition coefficient (Wildman–Crippen LogP) is 0.105. The van der Waals surface area contributed by atoms with Gasteiger partial charge in [-0.05, 0) is 41.5 Å². The average molecular weight is 448 g/mol. The van der Waals surface area contributed by atoms with Crippen LogP contribution >= 0.6 is 0 Å². The zero-order valence-corrected chi connectivity index (χ0v) is 17.4. The fourth-order valence-electron chi connectivity index (χ4n) is 3.36. The van der Waals surface area contributed by atoms with Gasteiger partial charge >= 0.3 is 11.9 Å². The van der Waals surface area contributed by atoms with E-state index >= 15 is 0 Å². The molecule has 172 valence electrons. The van der Waals surface area contributed by atoms with Crippen molar-refractivity contribution < 1.29 is 49.0 Å². The van der Waals surface area contributed by atoms with Crippen LogP contribution in [0.2, 0.25) is 0 Å². The van der Waals surface area contributed by atoms with Crippen molar-refractivity contribution in [2.45, 2.75) is 30.7 Å². The van der Waals surface area contributed by atoms with Crippen LogP contribution in [0.25, 0.3) is 11.1 Å². The number of ether oxygens (including phenoxy) is 4. The zero-order chi connectivity index (χ0) is 23.4. The number of carbonyl (C=O) groups is 2. The molecule has 5 atom stereocenters. The van der Waals surface area contributed by atoms with E-state index in [0.717, 1.165) is 0 Å². The molecule has 1 aliphatic rings. The van der Waals surface area contributed by atoms with Crippen molar-refractivity contribution in [2.75, 3.05) is 20.8 Å². The molecule has 2 aromatic rings. The minimum absolute atomic E-state index is 0.0996. The maximum atomic E-state index is 12.4. The van der Waals surface area contributed by atoms with Gasteiger partial charge in [0.05, 0.1) is 32.0 Å². The third-order valence-electron chi connectivity index (χ3n) is 5.09. The van der Waals surface area contributed by atoms with Crippen LogP contribution < -0.4 is 4.74 Å². The molecule has 32 heavy (non-hydrogen) atoms. The van der Waals surface area contributed by atoms with E-state index in [0.29, 0.717) is 16.7 Å². The second-order valence-corrected chi connectivity index (χ2v) is 7.09. The van der Waals surface area contributed by atoms with Gasteiger partial charge in [-0.15, -0.1) is 0 Å². The van der Waals surface area contributed by atoms with Crippen molar-refractivity contribution in [2.24, 2.45) is 0 Å². The van der Waals surface area contributed by atoms with Gasteiger partial charge in [-0.2, -0.15) is 0 Å². The molecule has 3 rings (SSSR count). The van der Waals surface area contributed by atoms with E-state index in [1.165, 1.54) is 26.4 Å². The third-order valence-corrected chi connectivity index (χ3v) is 5.09. The van der Waals surface area contributed by atoms with Crippen LogP contribution in [0.3, 0.4) is 0 Å². The summed E-state index contributed by atoms with van der Waals surface area (Å²) >= 11 is 0. The lowest BCUT2D eigenvalue weighted by Crippen LogP contribution is -2.60. The van der Waals surface area contributed by atoms with E-state index in [4.69, 9.17) is 18.9 Å². The van der Waals surface area contributed by atoms with Crippen molar-refractivity contribution in [3.63, 3.8) is 0 Å². The summed E-state index contributed by atoms with van der Waals surface area (Å²) in [7, 11) is 2.47. The van der Waals surface area contributed by atoms with E-state index in [9.17, 15) is 30.0 Å². The SMILES string of the molecule is COC(=O)c1cccc(-c2ccc(OC3OC(CO)C(O)C(O)C3O)cc2C(=O)OC)c1. The zero-order valence-electron chi connectivity index (χ0n) is 17.4. The molecule has 5 unspecified atom stereocenters. The number of benzene rings is 2. The molecule has 1 aliphatic heterocycles. The Morgan fingerprint density at radius 3 is 2.31 bits per heavy atom. The lowest BCUT2D eigenvalue weighted by atomic mass is 9.97. The molecule has 0 amide bonds. The molecular formula is C22H24O10. The molecule has 1 saturated heterocycles. The summed E-state index contributed by atoms with van der Waals surface area (Å²) in [5, 5.41) is 39.3. The van der Waals surface area contributed by atoms with Crippen molar-refractivity contribution in [1.29, 1.82) is 0 Å². The standard InChI is InChI=1S/C22H24O10/c1-29-20(27)12-5-3-4-11(8-12)14-7-6-13(9-15(14)21(28)30-2)31-22-19(26)18(25)17(24)16(10-23)32-22/h3-9,16-19,22-26H,10H2,1-2H3. The Balaban J connectivity index is 1.94. The second-order valence-electron chi connectivity index (χ2n) is 7.09. The molecule has 0 aliphatic carbocycles. The lowest BCUT2D eigenvalue weighted by Gasteiger charge is -2.39. The Labute approximate surface area is 183 Å². The summed E-state index contributed by atoms with van der Waals surface area (Å²) in [4.78, 5) is 24.3. The highest BCUT2D eigenvalue weighted by Crippen LogP contribution is 2.31. The molecule has 0 aromatic heterocycles. The molecule has 10 heteroatoms. The van der Waals surface area contributed by atoms with Gasteiger partial charge in [0, 0.05) is 0 Å². The van der Waals surface area contributed by atoms with Gasteiger partial charge in [-0.3, -0.25) is 0 Å². The molecule has 1 fully saturated rings. The number of hydrogen-bond donors (Lipinski definition) is 4. The van der Waals surface area contributed by atoms with Gasteiger partial charge in [-0.1, -0.05) is 12.1 Å². The van der Waals surface area contributed by atoms with E-state index in [1.807, 2.05) is 0 Å². The number of rotatable bonds is 6. The Bertz CT molecular complexity index is 973. The van der Waals surface area contributed by atoms with E-state index in [2.05, 4.69) is 0 Å².